The first-order valence-corrected chi connectivity index (χ1v) is 5.72. The van der Waals surface area contributed by atoms with Gasteiger partial charge in [-0.15, -0.1) is 0 Å². The van der Waals surface area contributed by atoms with Crippen molar-refractivity contribution in [3.05, 3.63) is 24.8 Å². The van der Waals surface area contributed by atoms with Crippen LogP contribution in [0.15, 0.2) is 24.8 Å². The third-order valence-corrected chi connectivity index (χ3v) is 2.57. The molecule has 0 aromatic heterocycles. The molecular formula is C12H18N2O4. The Bertz CT molecular complexity index is 341. The van der Waals surface area contributed by atoms with Gasteiger partial charge >= 0.3 is 6.09 Å². The number of amides is 2. The first kappa shape index (κ1) is 14.2. The molecule has 2 atom stereocenters. The summed E-state index contributed by atoms with van der Waals surface area (Å²) in [6.07, 6.45) is 6.40. The molecule has 2 unspecified atom stereocenters. The van der Waals surface area contributed by atoms with Crippen molar-refractivity contribution in [2.75, 3.05) is 13.7 Å². The van der Waals surface area contributed by atoms with Crippen molar-refractivity contribution in [1.29, 1.82) is 0 Å². The summed E-state index contributed by atoms with van der Waals surface area (Å²) in [5, 5.41) is 2.53. The maximum Gasteiger partial charge on any atom is 0.408 e. The maximum atomic E-state index is 11.8. The summed E-state index contributed by atoms with van der Waals surface area (Å²) in [6, 6.07) is -0.694. The molecule has 0 bridgehead atoms. The monoisotopic (exact) mass is 254 g/mol. The molecular weight excluding hydrogens is 236 g/mol. The molecule has 0 saturated carbocycles. The fourth-order valence-electron chi connectivity index (χ4n) is 1.77. The summed E-state index contributed by atoms with van der Waals surface area (Å²) < 4.78 is 4.80. The highest BCUT2D eigenvalue weighted by Crippen LogP contribution is 2.21. The topological polar surface area (TPSA) is 76.7 Å². The van der Waals surface area contributed by atoms with Crippen molar-refractivity contribution in [2.24, 2.45) is 5.92 Å². The van der Waals surface area contributed by atoms with Crippen LogP contribution >= 0.6 is 0 Å². The zero-order valence-corrected chi connectivity index (χ0v) is 10.3. The second kappa shape index (κ2) is 7.50. The van der Waals surface area contributed by atoms with Gasteiger partial charge in [0.05, 0.1) is 7.11 Å². The second-order valence-corrected chi connectivity index (χ2v) is 3.85. The minimum absolute atomic E-state index is 0.0450. The standard InChI is InChI=1S/C12H18N2O4/c1-3-8-18-12(16)13-10(11(15)14-17-2)9-6-4-5-7-9/h3-4,6,9-10H,1,5,7-8H2,2H3,(H,13,16)(H,14,15). The van der Waals surface area contributed by atoms with E-state index in [1.807, 2.05) is 12.2 Å². The molecule has 0 aliphatic heterocycles. The highest BCUT2D eigenvalue weighted by Gasteiger charge is 2.30. The van der Waals surface area contributed by atoms with Crippen LogP contribution in [0.3, 0.4) is 0 Å². The van der Waals surface area contributed by atoms with Gasteiger partial charge in [0, 0.05) is 5.92 Å². The molecule has 0 radical (unpaired) electrons. The third-order valence-electron chi connectivity index (χ3n) is 2.57. The minimum Gasteiger partial charge on any atom is -0.445 e. The van der Waals surface area contributed by atoms with E-state index in [1.54, 1.807) is 0 Å². The van der Waals surface area contributed by atoms with Gasteiger partial charge in [0.15, 0.2) is 0 Å². The molecule has 1 aliphatic rings. The highest BCUT2D eigenvalue weighted by atomic mass is 16.6. The predicted molar refractivity (Wildman–Crippen MR) is 65.5 cm³/mol. The van der Waals surface area contributed by atoms with Crippen LogP contribution in [-0.2, 0) is 14.4 Å². The zero-order chi connectivity index (χ0) is 13.4. The minimum atomic E-state index is -0.694. The summed E-state index contributed by atoms with van der Waals surface area (Å²) in [7, 11) is 1.34. The van der Waals surface area contributed by atoms with E-state index in [9.17, 15) is 9.59 Å². The Kier molecular flexibility index (Phi) is 5.93. The molecule has 1 rings (SSSR count). The molecule has 0 spiro atoms. The number of rotatable bonds is 6. The van der Waals surface area contributed by atoms with E-state index in [4.69, 9.17) is 4.74 Å². The average Bonchev–Trinajstić information content (AvgIpc) is 2.87. The largest absolute Gasteiger partial charge is 0.445 e. The van der Waals surface area contributed by atoms with Crippen LogP contribution in [0, 0.1) is 5.92 Å². The number of carbonyl (C=O) groups excluding carboxylic acids is 2. The van der Waals surface area contributed by atoms with Crippen LogP contribution in [0.2, 0.25) is 0 Å². The Morgan fingerprint density at radius 1 is 1.61 bits per heavy atom. The lowest BCUT2D eigenvalue weighted by Crippen LogP contribution is -2.50. The fraction of sp³-hybridized carbons (Fsp3) is 0.500. The molecule has 0 aromatic rings. The van der Waals surface area contributed by atoms with Crippen molar-refractivity contribution >= 4 is 12.0 Å². The van der Waals surface area contributed by atoms with Crippen LogP contribution in [0.25, 0.3) is 0 Å². The Hall–Kier alpha value is -1.82. The number of nitrogens with one attached hydrogen (secondary N) is 2. The van der Waals surface area contributed by atoms with E-state index < -0.39 is 18.0 Å². The lowest BCUT2D eigenvalue weighted by molar-refractivity contribution is -0.134. The Morgan fingerprint density at radius 3 is 2.94 bits per heavy atom. The van der Waals surface area contributed by atoms with Gasteiger partial charge in [0.25, 0.3) is 5.91 Å². The lowest BCUT2D eigenvalue weighted by Gasteiger charge is -2.21. The van der Waals surface area contributed by atoms with E-state index in [1.165, 1.54) is 13.2 Å². The Morgan fingerprint density at radius 2 is 2.39 bits per heavy atom. The van der Waals surface area contributed by atoms with Crippen LogP contribution in [0.1, 0.15) is 12.8 Å². The van der Waals surface area contributed by atoms with Gasteiger partial charge in [0.1, 0.15) is 12.6 Å². The quantitative estimate of drug-likeness (QED) is 0.545. The van der Waals surface area contributed by atoms with Crippen molar-refractivity contribution < 1.29 is 19.2 Å². The van der Waals surface area contributed by atoms with Crippen LogP contribution in [0.5, 0.6) is 0 Å². The molecule has 18 heavy (non-hydrogen) atoms. The second-order valence-electron chi connectivity index (χ2n) is 3.85. The van der Waals surface area contributed by atoms with Gasteiger partial charge < -0.3 is 10.1 Å². The van der Waals surface area contributed by atoms with Gasteiger partial charge in [-0.05, 0) is 12.8 Å². The molecule has 0 heterocycles. The van der Waals surface area contributed by atoms with Crippen molar-refractivity contribution in [3.8, 4) is 0 Å². The first-order chi connectivity index (χ1) is 8.69. The van der Waals surface area contributed by atoms with Gasteiger partial charge in [-0.25, -0.2) is 10.3 Å². The summed E-state index contributed by atoms with van der Waals surface area (Å²) in [4.78, 5) is 27.8. The van der Waals surface area contributed by atoms with Gasteiger partial charge in [0.2, 0.25) is 0 Å². The first-order valence-electron chi connectivity index (χ1n) is 5.72. The van der Waals surface area contributed by atoms with Crippen molar-refractivity contribution in [2.45, 2.75) is 18.9 Å². The van der Waals surface area contributed by atoms with E-state index in [-0.39, 0.29) is 12.5 Å². The normalized spacial score (nSPS) is 19.1. The van der Waals surface area contributed by atoms with Crippen molar-refractivity contribution in [3.63, 3.8) is 0 Å². The Balaban J connectivity index is 2.59. The van der Waals surface area contributed by atoms with Crippen LogP contribution in [-0.4, -0.2) is 31.8 Å². The molecule has 2 N–H and O–H groups in total. The number of alkyl carbamates (subject to hydrolysis) is 1. The third kappa shape index (κ3) is 4.21. The molecule has 100 valence electrons. The van der Waals surface area contributed by atoms with E-state index in [2.05, 4.69) is 22.2 Å². The zero-order valence-electron chi connectivity index (χ0n) is 10.3. The molecule has 6 heteroatoms. The highest BCUT2D eigenvalue weighted by molar-refractivity contribution is 5.85. The maximum absolute atomic E-state index is 11.8. The molecule has 2 amide bonds. The molecule has 0 aromatic carbocycles. The summed E-state index contributed by atoms with van der Waals surface area (Å²) in [5.41, 5.74) is 2.22. The lowest BCUT2D eigenvalue weighted by atomic mass is 9.99. The fourth-order valence-corrected chi connectivity index (χ4v) is 1.77. The molecule has 0 saturated heterocycles. The predicted octanol–water partition coefficient (Wildman–Crippen LogP) is 0.911. The summed E-state index contributed by atoms with van der Waals surface area (Å²) in [6.45, 7) is 3.54. The number of hydrogen-bond acceptors (Lipinski definition) is 4. The molecule has 0 fully saturated rings. The number of ether oxygens (including phenoxy) is 1. The van der Waals surface area contributed by atoms with Crippen LogP contribution < -0.4 is 10.8 Å². The number of allylic oxidation sites excluding steroid dienone is 1. The van der Waals surface area contributed by atoms with E-state index >= 15 is 0 Å². The van der Waals surface area contributed by atoms with Crippen LogP contribution in [0.4, 0.5) is 4.79 Å². The number of hydrogen-bond donors (Lipinski definition) is 2. The van der Waals surface area contributed by atoms with E-state index in [0.29, 0.717) is 0 Å². The average molecular weight is 254 g/mol. The van der Waals surface area contributed by atoms with Gasteiger partial charge in [-0.2, -0.15) is 0 Å². The number of hydroxylamine groups is 1. The number of carbonyl (C=O) groups is 2. The Labute approximate surface area is 106 Å². The van der Waals surface area contributed by atoms with Gasteiger partial charge in [-0.1, -0.05) is 24.8 Å². The molecule has 6 nitrogen and oxygen atoms in total. The summed E-state index contributed by atoms with van der Waals surface area (Å²) >= 11 is 0. The molecule has 1 aliphatic carbocycles. The SMILES string of the molecule is C=CCOC(=O)NC(C(=O)NOC)C1C=CCC1. The van der Waals surface area contributed by atoms with Gasteiger partial charge in [-0.3, -0.25) is 9.63 Å². The smallest absolute Gasteiger partial charge is 0.408 e. The van der Waals surface area contributed by atoms with E-state index in [0.717, 1.165) is 12.8 Å². The summed E-state index contributed by atoms with van der Waals surface area (Å²) in [5.74, 6) is -0.443. The van der Waals surface area contributed by atoms with Crippen molar-refractivity contribution in [1.82, 2.24) is 10.8 Å².